The number of benzene rings is 1. The molecule has 0 bridgehead atoms. The maximum atomic E-state index is 11.8. The summed E-state index contributed by atoms with van der Waals surface area (Å²) in [5.74, 6) is 0.214. The van der Waals surface area contributed by atoms with Gasteiger partial charge in [0.2, 0.25) is 5.91 Å². The third kappa shape index (κ3) is 2.10. The van der Waals surface area contributed by atoms with Crippen molar-refractivity contribution in [1.29, 1.82) is 0 Å². The highest BCUT2D eigenvalue weighted by molar-refractivity contribution is 6.33. The van der Waals surface area contributed by atoms with E-state index in [0.717, 1.165) is 31.4 Å². The number of halogens is 1. The molecule has 2 aliphatic heterocycles. The standard InChI is InChI=1S/C14H15ClN2O2/c15-11-6-9(8-18)3-4-12(11)17-5-1-2-10-13(17)7-16-14(10)19/h3-4,6,8,10,13H,1-2,5,7H2,(H,16,19). The molecule has 0 aliphatic carbocycles. The van der Waals surface area contributed by atoms with Crippen LogP contribution in [0.1, 0.15) is 23.2 Å². The molecule has 2 aliphatic rings. The van der Waals surface area contributed by atoms with Gasteiger partial charge in [-0.2, -0.15) is 0 Å². The first-order valence-corrected chi connectivity index (χ1v) is 6.87. The number of carbonyl (C=O) groups is 2. The Bertz CT molecular complexity index is 532. The molecule has 19 heavy (non-hydrogen) atoms. The third-order valence-electron chi connectivity index (χ3n) is 4.02. The van der Waals surface area contributed by atoms with Crippen LogP contribution in [0.15, 0.2) is 18.2 Å². The van der Waals surface area contributed by atoms with E-state index in [1.165, 1.54) is 0 Å². The lowest BCUT2D eigenvalue weighted by Crippen LogP contribution is -2.45. The molecule has 2 saturated heterocycles. The monoisotopic (exact) mass is 278 g/mol. The molecule has 2 atom stereocenters. The molecule has 100 valence electrons. The Morgan fingerprint density at radius 2 is 2.26 bits per heavy atom. The average molecular weight is 279 g/mol. The van der Waals surface area contributed by atoms with E-state index in [1.54, 1.807) is 12.1 Å². The number of piperidine rings is 1. The second-order valence-electron chi connectivity index (χ2n) is 5.08. The lowest BCUT2D eigenvalue weighted by Gasteiger charge is -2.38. The maximum Gasteiger partial charge on any atom is 0.225 e. The van der Waals surface area contributed by atoms with E-state index in [9.17, 15) is 9.59 Å². The minimum Gasteiger partial charge on any atom is -0.365 e. The van der Waals surface area contributed by atoms with Gasteiger partial charge in [-0.3, -0.25) is 9.59 Å². The predicted molar refractivity (Wildman–Crippen MR) is 73.7 cm³/mol. The van der Waals surface area contributed by atoms with E-state index in [2.05, 4.69) is 10.2 Å². The Kier molecular flexibility index (Phi) is 3.19. The van der Waals surface area contributed by atoms with E-state index in [0.29, 0.717) is 17.1 Å². The van der Waals surface area contributed by atoms with Crippen molar-refractivity contribution in [3.63, 3.8) is 0 Å². The number of fused-ring (bicyclic) bond motifs is 1. The highest BCUT2D eigenvalue weighted by Gasteiger charge is 2.41. The fourth-order valence-electron chi connectivity index (χ4n) is 3.08. The Morgan fingerprint density at radius 1 is 1.42 bits per heavy atom. The molecule has 1 N–H and O–H groups in total. The lowest BCUT2D eigenvalue weighted by molar-refractivity contribution is -0.122. The number of carbonyl (C=O) groups excluding carboxylic acids is 2. The van der Waals surface area contributed by atoms with Crippen molar-refractivity contribution in [3.05, 3.63) is 28.8 Å². The van der Waals surface area contributed by atoms with Gasteiger partial charge in [0.15, 0.2) is 0 Å². The van der Waals surface area contributed by atoms with Gasteiger partial charge in [-0.25, -0.2) is 0 Å². The molecule has 4 nitrogen and oxygen atoms in total. The van der Waals surface area contributed by atoms with Gasteiger partial charge in [0, 0.05) is 18.7 Å². The highest BCUT2D eigenvalue weighted by atomic mass is 35.5. The molecule has 2 fully saturated rings. The van der Waals surface area contributed by atoms with E-state index in [4.69, 9.17) is 11.6 Å². The molecular formula is C14H15ClN2O2. The Balaban J connectivity index is 1.93. The summed E-state index contributed by atoms with van der Waals surface area (Å²) in [6, 6.07) is 5.50. The van der Waals surface area contributed by atoms with Crippen molar-refractivity contribution < 1.29 is 9.59 Å². The van der Waals surface area contributed by atoms with Crippen LogP contribution >= 0.6 is 11.6 Å². The summed E-state index contributed by atoms with van der Waals surface area (Å²) in [4.78, 5) is 24.7. The van der Waals surface area contributed by atoms with Crippen LogP contribution < -0.4 is 10.2 Å². The second-order valence-corrected chi connectivity index (χ2v) is 5.49. The smallest absolute Gasteiger partial charge is 0.225 e. The first-order chi connectivity index (χ1) is 9.20. The maximum absolute atomic E-state index is 11.8. The zero-order chi connectivity index (χ0) is 13.4. The summed E-state index contributed by atoms with van der Waals surface area (Å²) >= 11 is 6.26. The number of rotatable bonds is 2. The van der Waals surface area contributed by atoms with E-state index in [1.807, 2.05) is 6.07 Å². The summed E-state index contributed by atoms with van der Waals surface area (Å²) in [6.07, 6.45) is 2.71. The summed E-state index contributed by atoms with van der Waals surface area (Å²) < 4.78 is 0. The normalized spacial score (nSPS) is 25.9. The molecule has 0 spiro atoms. The van der Waals surface area contributed by atoms with Gasteiger partial charge in [0.05, 0.1) is 22.7 Å². The van der Waals surface area contributed by atoms with Gasteiger partial charge < -0.3 is 10.2 Å². The van der Waals surface area contributed by atoms with Gasteiger partial charge in [-0.15, -0.1) is 0 Å². The van der Waals surface area contributed by atoms with Crippen molar-refractivity contribution in [3.8, 4) is 0 Å². The minimum absolute atomic E-state index is 0.0653. The molecule has 0 aromatic heterocycles. The Morgan fingerprint density at radius 3 is 3.00 bits per heavy atom. The minimum atomic E-state index is 0.0653. The van der Waals surface area contributed by atoms with Crippen LogP contribution in [-0.4, -0.2) is 31.3 Å². The van der Waals surface area contributed by atoms with Gasteiger partial charge in [-0.1, -0.05) is 11.6 Å². The third-order valence-corrected chi connectivity index (χ3v) is 4.32. The number of anilines is 1. The molecule has 1 amide bonds. The number of hydrogen-bond acceptors (Lipinski definition) is 3. The molecule has 1 aromatic rings. The molecule has 1 aromatic carbocycles. The Hall–Kier alpha value is -1.55. The van der Waals surface area contributed by atoms with E-state index < -0.39 is 0 Å². The summed E-state index contributed by atoms with van der Waals surface area (Å²) in [7, 11) is 0. The van der Waals surface area contributed by atoms with Crippen LogP contribution in [0, 0.1) is 5.92 Å². The van der Waals surface area contributed by atoms with Crippen LogP contribution in [0.5, 0.6) is 0 Å². The molecule has 0 saturated carbocycles. The number of hydrogen-bond donors (Lipinski definition) is 1. The van der Waals surface area contributed by atoms with E-state index >= 15 is 0 Å². The zero-order valence-corrected chi connectivity index (χ0v) is 11.2. The van der Waals surface area contributed by atoms with Crippen molar-refractivity contribution in [1.82, 2.24) is 5.32 Å². The number of aldehydes is 1. The molecule has 2 heterocycles. The van der Waals surface area contributed by atoms with Crippen LogP contribution in [0.2, 0.25) is 5.02 Å². The lowest BCUT2D eigenvalue weighted by atomic mass is 9.91. The van der Waals surface area contributed by atoms with Gasteiger partial charge >= 0.3 is 0 Å². The quantitative estimate of drug-likeness (QED) is 0.840. The van der Waals surface area contributed by atoms with Gasteiger partial charge in [0.25, 0.3) is 0 Å². The molecular weight excluding hydrogens is 264 g/mol. The molecule has 3 rings (SSSR count). The number of nitrogens with zero attached hydrogens (tertiary/aromatic N) is 1. The highest BCUT2D eigenvalue weighted by Crippen LogP contribution is 2.35. The molecule has 0 radical (unpaired) electrons. The molecule has 2 unspecified atom stereocenters. The number of amides is 1. The molecule has 5 heteroatoms. The van der Waals surface area contributed by atoms with Crippen LogP contribution in [0.4, 0.5) is 5.69 Å². The van der Waals surface area contributed by atoms with Crippen LogP contribution in [0.3, 0.4) is 0 Å². The van der Waals surface area contributed by atoms with Crippen molar-refractivity contribution >= 4 is 29.5 Å². The Labute approximate surface area is 116 Å². The average Bonchev–Trinajstić information content (AvgIpc) is 2.81. The first kappa shape index (κ1) is 12.5. The van der Waals surface area contributed by atoms with Crippen LogP contribution in [-0.2, 0) is 4.79 Å². The SMILES string of the molecule is O=Cc1ccc(N2CCCC3C(=O)NCC32)c(Cl)c1. The van der Waals surface area contributed by atoms with Crippen molar-refractivity contribution in [2.75, 3.05) is 18.0 Å². The van der Waals surface area contributed by atoms with E-state index in [-0.39, 0.29) is 17.9 Å². The topological polar surface area (TPSA) is 49.4 Å². The number of nitrogens with one attached hydrogen (secondary N) is 1. The second kappa shape index (κ2) is 4.85. The largest absolute Gasteiger partial charge is 0.365 e. The fourth-order valence-corrected chi connectivity index (χ4v) is 3.38. The van der Waals surface area contributed by atoms with Crippen LogP contribution in [0.25, 0.3) is 0 Å². The van der Waals surface area contributed by atoms with Crippen molar-refractivity contribution in [2.24, 2.45) is 5.92 Å². The van der Waals surface area contributed by atoms with Gasteiger partial charge in [-0.05, 0) is 31.0 Å². The summed E-state index contributed by atoms with van der Waals surface area (Å²) in [5.41, 5.74) is 1.49. The zero-order valence-electron chi connectivity index (χ0n) is 10.4. The summed E-state index contributed by atoms with van der Waals surface area (Å²) in [6.45, 7) is 1.57. The van der Waals surface area contributed by atoms with Gasteiger partial charge in [0.1, 0.15) is 6.29 Å². The predicted octanol–water partition coefficient (Wildman–Crippen LogP) is 1.87. The van der Waals surface area contributed by atoms with Crippen molar-refractivity contribution in [2.45, 2.75) is 18.9 Å². The first-order valence-electron chi connectivity index (χ1n) is 6.50. The summed E-state index contributed by atoms with van der Waals surface area (Å²) in [5, 5.41) is 3.50. The fraction of sp³-hybridized carbons (Fsp3) is 0.429.